The van der Waals surface area contributed by atoms with Crippen molar-refractivity contribution in [3.05, 3.63) is 92.4 Å². The van der Waals surface area contributed by atoms with Gasteiger partial charge in [-0.3, -0.25) is 9.69 Å². The Morgan fingerprint density at radius 3 is 2.78 bits per heavy atom. The van der Waals surface area contributed by atoms with Crippen molar-refractivity contribution in [2.75, 3.05) is 20.1 Å². The molecule has 0 amide bonds. The number of halogens is 2. The molecule has 0 saturated heterocycles. The Hall–Kier alpha value is -3.39. The van der Waals surface area contributed by atoms with E-state index >= 15 is 0 Å². The number of rotatable bonds is 4. The first kappa shape index (κ1) is 23.0. The SMILES string of the molecule is Cc1cc2c(c3c1C(=O)/C(=C\c1cc(Cl)cc4c1OCOC4)O3)CN(CCc1ccc(F)cc1)CO2. The van der Waals surface area contributed by atoms with E-state index in [4.69, 9.17) is 30.5 Å². The molecule has 0 unspecified atom stereocenters. The highest BCUT2D eigenvalue weighted by Crippen LogP contribution is 2.44. The van der Waals surface area contributed by atoms with E-state index in [1.807, 2.05) is 13.0 Å². The first-order chi connectivity index (χ1) is 17.5. The molecule has 3 aliphatic rings. The Labute approximate surface area is 212 Å². The maximum Gasteiger partial charge on any atom is 0.232 e. The number of benzene rings is 3. The van der Waals surface area contributed by atoms with Crippen molar-refractivity contribution in [1.82, 2.24) is 4.90 Å². The zero-order valence-corrected chi connectivity index (χ0v) is 20.4. The molecule has 3 aromatic rings. The normalized spacial score (nSPS) is 17.6. The number of nitrogens with zero attached hydrogens (tertiary/aromatic N) is 1. The third kappa shape index (κ3) is 4.23. The van der Waals surface area contributed by atoms with E-state index in [1.54, 1.807) is 30.3 Å². The molecule has 8 heteroatoms. The zero-order valence-electron chi connectivity index (χ0n) is 19.6. The van der Waals surface area contributed by atoms with Crippen LogP contribution in [0.25, 0.3) is 6.08 Å². The number of ketones is 1. The number of fused-ring (bicyclic) bond motifs is 4. The molecule has 3 heterocycles. The number of hydrogen-bond acceptors (Lipinski definition) is 6. The fraction of sp³-hybridized carbons (Fsp3) is 0.250. The maximum absolute atomic E-state index is 13.4. The summed E-state index contributed by atoms with van der Waals surface area (Å²) in [4.78, 5) is 15.5. The molecule has 0 fully saturated rings. The zero-order chi connectivity index (χ0) is 24.8. The molecule has 3 aromatic carbocycles. The van der Waals surface area contributed by atoms with Crippen LogP contribution in [0.4, 0.5) is 4.39 Å². The van der Waals surface area contributed by atoms with Crippen molar-refractivity contribution in [3.8, 4) is 17.2 Å². The average Bonchev–Trinajstić information content (AvgIpc) is 3.20. The van der Waals surface area contributed by atoms with Crippen molar-refractivity contribution in [3.63, 3.8) is 0 Å². The summed E-state index contributed by atoms with van der Waals surface area (Å²) >= 11 is 6.30. The van der Waals surface area contributed by atoms with E-state index in [1.165, 1.54) is 12.1 Å². The second kappa shape index (κ2) is 9.24. The van der Waals surface area contributed by atoms with Crippen LogP contribution in [0.5, 0.6) is 17.2 Å². The van der Waals surface area contributed by atoms with Crippen molar-refractivity contribution < 1.29 is 28.1 Å². The number of carbonyl (C=O) groups is 1. The van der Waals surface area contributed by atoms with Crippen molar-refractivity contribution in [2.24, 2.45) is 0 Å². The van der Waals surface area contributed by atoms with Crippen LogP contribution < -0.4 is 14.2 Å². The van der Waals surface area contributed by atoms with Crippen LogP contribution in [0.2, 0.25) is 5.02 Å². The number of aryl methyl sites for hydroxylation is 1. The van der Waals surface area contributed by atoms with Crippen molar-refractivity contribution in [2.45, 2.75) is 26.5 Å². The van der Waals surface area contributed by atoms with Crippen LogP contribution in [0.1, 0.15) is 38.2 Å². The topological polar surface area (TPSA) is 57.2 Å². The van der Waals surface area contributed by atoms with E-state index in [2.05, 4.69) is 4.90 Å². The number of ether oxygens (including phenoxy) is 4. The molecular formula is C28H23ClFNO5. The molecule has 6 nitrogen and oxygen atoms in total. The Bertz CT molecular complexity index is 1400. The Balaban J connectivity index is 1.28. The number of Topliss-reactive ketones (excluding diaryl/α,β-unsaturated/α-hetero) is 1. The van der Waals surface area contributed by atoms with E-state index in [9.17, 15) is 9.18 Å². The lowest BCUT2D eigenvalue weighted by atomic mass is 9.98. The van der Waals surface area contributed by atoms with E-state index in [0.29, 0.717) is 47.5 Å². The molecule has 36 heavy (non-hydrogen) atoms. The predicted molar refractivity (Wildman–Crippen MR) is 132 cm³/mol. The highest BCUT2D eigenvalue weighted by Gasteiger charge is 2.35. The Morgan fingerprint density at radius 2 is 1.94 bits per heavy atom. The van der Waals surface area contributed by atoms with Gasteiger partial charge in [-0.15, -0.1) is 0 Å². The van der Waals surface area contributed by atoms with Crippen LogP contribution in [0.15, 0.2) is 48.2 Å². The van der Waals surface area contributed by atoms with Crippen LogP contribution >= 0.6 is 11.6 Å². The lowest BCUT2D eigenvalue weighted by molar-refractivity contribution is -0.0165. The summed E-state index contributed by atoms with van der Waals surface area (Å²) in [6.07, 6.45) is 2.43. The molecule has 0 spiro atoms. The van der Waals surface area contributed by atoms with E-state index < -0.39 is 0 Å². The molecule has 6 rings (SSSR count). The number of carbonyl (C=O) groups excluding carboxylic acids is 1. The molecular weight excluding hydrogens is 485 g/mol. The summed E-state index contributed by atoms with van der Waals surface area (Å²) in [5, 5.41) is 0.524. The summed E-state index contributed by atoms with van der Waals surface area (Å²) in [6, 6.07) is 12.0. The fourth-order valence-electron chi connectivity index (χ4n) is 4.81. The number of allylic oxidation sites excluding steroid dienone is 1. The van der Waals surface area contributed by atoms with Gasteiger partial charge < -0.3 is 18.9 Å². The second-order valence-electron chi connectivity index (χ2n) is 9.11. The van der Waals surface area contributed by atoms with Gasteiger partial charge in [0, 0.05) is 29.2 Å². The van der Waals surface area contributed by atoms with Crippen LogP contribution in [0, 0.1) is 12.7 Å². The predicted octanol–water partition coefficient (Wildman–Crippen LogP) is 5.66. The van der Waals surface area contributed by atoms with Gasteiger partial charge in [0.25, 0.3) is 0 Å². The van der Waals surface area contributed by atoms with Gasteiger partial charge in [0.15, 0.2) is 12.6 Å². The maximum atomic E-state index is 13.4. The highest BCUT2D eigenvalue weighted by molar-refractivity contribution is 6.31. The van der Waals surface area contributed by atoms with Gasteiger partial charge in [0.05, 0.1) is 17.7 Å². The molecule has 0 saturated carbocycles. The molecule has 0 aliphatic carbocycles. The minimum atomic E-state index is -0.247. The molecule has 0 atom stereocenters. The largest absolute Gasteiger partial charge is 0.478 e. The lowest BCUT2D eigenvalue weighted by Crippen LogP contribution is -2.33. The van der Waals surface area contributed by atoms with Crippen molar-refractivity contribution >= 4 is 23.5 Å². The first-order valence-corrected chi connectivity index (χ1v) is 12.1. The molecule has 184 valence electrons. The van der Waals surface area contributed by atoms with Gasteiger partial charge >= 0.3 is 0 Å². The van der Waals surface area contributed by atoms with Gasteiger partial charge in [-0.2, -0.15) is 0 Å². The Morgan fingerprint density at radius 1 is 1.11 bits per heavy atom. The van der Waals surface area contributed by atoms with Gasteiger partial charge in [-0.1, -0.05) is 23.7 Å². The van der Waals surface area contributed by atoms with Crippen LogP contribution in [-0.4, -0.2) is 30.8 Å². The summed E-state index contributed by atoms with van der Waals surface area (Å²) in [6.45, 7) is 4.13. The quantitative estimate of drug-likeness (QED) is 0.424. The summed E-state index contributed by atoms with van der Waals surface area (Å²) in [5.41, 5.74) is 4.72. The van der Waals surface area contributed by atoms with E-state index in [-0.39, 0.29) is 24.2 Å². The fourth-order valence-corrected chi connectivity index (χ4v) is 5.06. The van der Waals surface area contributed by atoms with Crippen LogP contribution in [-0.2, 0) is 24.3 Å². The highest BCUT2D eigenvalue weighted by atomic mass is 35.5. The molecule has 0 aromatic heterocycles. The minimum Gasteiger partial charge on any atom is -0.478 e. The smallest absolute Gasteiger partial charge is 0.232 e. The van der Waals surface area contributed by atoms with E-state index in [0.717, 1.165) is 41.0 Å². The summed E-state index contributed by atoms with van der Waals surface area (Å²) in [7, 11) is 0. The van der Waals surface area contributed by atoms with Gasteiger partial charge in [0.2, 0.25) is 5.78 Å². The molecule has 0 bridgehead atoms. The average molecular weight is 508 g/mol. The molecule has 0 N–H and O–H groups in total. The minimum absolute atomic E-state index is 0.136. The molecule has 0 radical (unpaired) electrons. The van der Waals surface area contributed by atoms with Crippen LogP contribution in [0.3, 0.4) is 0 Å². The van der Waals surface area contributed by atoms with Gasteiger partial charge in [0.1, 0.15) is 29.8 Å². The van der Waals surface area contributed by atoms with Crippen molar-refractivity contribution in [1.29, 1.82) is 0 Å². The Kier molecular flexibility index (Phi) is 5.91. The number of hydrogen-bond donors (Lipinski definition) is 0. The first-order valence-electron chi connectivity index (χ1n) is 11.7. The standard InChI is InChI=1S/C28H23ClFNO5/c1-16-8-23-22(12-31(14-34-23)7-6-17-2-4-21(30)5-3-17)28-25(16)26(32)24(36-28)11-18-9-20(29)10-19-13-33-15-35-27(18)19/h2-5,8-11H,6-7,12-15H2,1H3/b24-11+. The lowest BCUT2D eigenvalue weighted by Gasteiger charge is -2.30. The summed E-state index contributed by atoms with van der Waals surface area (Å²) in [5.74, 6) is 1.68. The molecule has 3 aliphatic heterocycles. The van der Waals surface area contributed by atoms with Gasteiger partial charge in [-0.05, 0) is 60.9 Å². The third-order valence-corrected chi connectivity index (χ3v) is 6.83. The monoisotopic (exact) mass is 507 g/mol. The second-order valence-corrected chi connectivity index (χ2v) is 9.55. The third-order valence-electron chi connectivity index (χ3n) is 6.61. The summed E-state index contributed by atoms with van der Waals surface area (Å²) < 4.78 is 36.5. The van der Waals surface area contributed by atoms with Gasteiger partial charge in [-0.25, -0.2) is 4.39 Å².